The van der Waals surface area contributed by atoms with Crippen LogP contribution in [0.15, 0.2) is 48.7 Å². The lowest BCUT2D eigenvalue weighted by Crippen LogP contribution is -2.28. The van der Waals surface area contributed by atoms with E-state index in [1.54, 1.807) is 55.8 Å². The highest BCUT2D eigenvalue weighted by Crippen LogP contribution is 2.17. The summed E-state index contributed by atoms with van der Waals surface area (Å²) in [6.45, 7) is 0.134. The Morgan fingerprint density at radius 2 is 2.09 bits per heavy atom. The minimum atomic E-state index is -0.775. The third-order valence-electron chi connectivity index (χ3n) is 3.66. The molecule has 0 saturated heterocycles. The van der Waals surface area contributed by atoms with Crippen LogP contribution in [0.1, 0.15) is 22.0 Å². The molecule has 1 aromatic heterocycles. The Bertz CT molecular complexity index is 811. The number of nitrogens with one attached hydrogen (secondary N) is 2. The van der Waals surface area contributed by atoms with Gasteiger partial charge in [0.25, 0.3) is 5.91 Å². The highest BCUT2D eigenvalue weighted by atomic mass is 16.5. The molecule has 23 heavy (non-hydrogen) atoms. The van der Waals surface area contributed by atoms with Gasteiger partial charge in [-0.25, -0.2) is 0 Å². The van der Waals surface area contributed by atoms with Gasteiger partial charge in [-0.2, -0.15) is 5.10 Å². The van der Waals surface area contributed by atoms with E-state index < -0.39 is 6.10 Å². The molecule has 1 atom stereocenters. The number of methoxy groups -OCH3 is 1. The van der Waals surface area contributed by atoms with Crippen LogP contribution in [0, 0.1) is 0 Å². The lowest BCUT2D eigenvalue weighted by Gasteiger charge is -2.13. The van der Waals surface area contributed by atoms with Gasteiger partial charge in [0.05, 0.1) is 24.9 Å². The second kappa shape index (κ2) is 6.50. The van der Waals surface area contributed by atoms with Crippen LogP contribution in [0.3, 0.4) is 0 Å². The van der Waals surface area contributed by atoms with E-state index >= 15 is 0 Å². The fourth-order valence-electron chi connectivity index (χ4n) is 2.32. The molecule has 0 radical (unpaired) electrons. The van der Waals surface area contributed by atoms with Crippen molar-refractivity contribution in [1.29, 1.82) is 0 Å². The molecule has 3 N–H and O–H groups in total. The largest absolute Gasteiger partial charge is 0.497 e. The van der Waals surface area contributed by atoms with E-state index in [0.717, 1.165) is 22.2 Å². The average Bonchev–Trinajstić information content (AvgIpc) is 3.07. The summed E-state index contributed by atoms with van der Waals surface area (Å²) < 4.78 is 5.07. The zero-order valence-corrected chi connectivity index (χ0v) is 12.6. The molecular formula is C17H17N3O3. The van der Waals surface area contributed by atoms with Gasteiger partial charge < -0.3 is 15.2 Å². The Kier molecular flexibility index (Phi) is 4.25. The first kappa shape index (κ1) is 15.1. The van der Waals surface area contributed by atoms with Crippen LogP contribution in [-0.4, -0.2) is 34.9 Å². The quantitative estimate of drug-likeness (QED) is 0.673. The lowest BCUT2D eigenvalue weighted by molar-refractivity contribution is 0.0916. The molecule has 1 unspecified atom stereocenters. The monoisotopic (exact) mass is 311 g/mol. The van der Waals surface area contributed by atoms with Crippen LogP contribution in [-0.2, 0) is 0 Å². The van der Waals surface area contributed by atoms with E-state index in [2.05, 4.69) is 15.5 Å². The van der Waals surface area contributed by atoms with Crippen molar-refractivity contribution in [2.75, 3.05) is 13.7 Å². The van der Waals surface area contributed by atoms with Gasteiger partial charge in [0.1, 0.15) is 5.75 Å². The number of aliphatic hydroxyl groups excluding tert-OH is 1. The van der Waals surface area contributed by atoms with Crippen LogP contribution in [0.25, 0.3) is 10.9 Å². The Hall–Kier alpha value is -2.86. The number of ether oxygens (including phenoxy) is 1. The molecule has 0 saturated carbocycles. The van der Waals surface area contributed by atoms with Crippen molar-refractivity contribution in [2.45, 2.75) is 6.10 Å². The molecule has 2 aromatic carbocycles. The van der Waals surface area contributed by atoms with Gasteiger partial charge in [0.15, 0.2) is 0 Å². The summed E-state index contributed by atoms with van der Waals surface area (Å²) in [6.07, 6.45) is 0.890. The van der Waals surface area contributed by atoms with Crippen molar-refractivity contribution in [3.8, 4) is 5.75 Å². The molecule has 0 bridgehead atoms. The smallest absolute Gasteiger partial charge is 0.251 e. The number of H-pyrrole nitrogens is 1. The van der Waals surface area contributed by atoms with Crippen LogP contribution < -0.4 is 10.1 Å². The zero-order chi connectivity index (χ0) is 16.2. The molecule has 0 aliphatic carbocycles. The maximum atomic E-state index is 12.2. The number of nitrogens with zero attached hydrogens (tertiary/aromatic N) is 1. The Balaban J connectivity index is 1.63. The molecule has 3 aromatic rings. The Labute approximate surface area is 133 Å². The third kappa shape index (κ3) is 3.32. The SMILES string of the molecule is COc1ccc(C(O)CNC(=O)c2ccc3[nH]ncc3c2)cc1. The van der Waals surface area contributed by atoms with Gasteiger partial charge in [0, 0.05) is 17.5 Å². The number of hydrogen-bond donors (Lipinski definition) is 3. The van der Waals surface area contributed by atoms with Crippen molar-refractivity contribution in [3.63, 3.8) is 0 Å². The van der Waals surface area contributed by atoms with E-state index in [9.17, 15) is 9.90 Å². The minimum absolute atomic E-state index is 0.134. The molecule has 1 amide bonds. The molecular weight excluding hydrogens is 294 g/mol. The third-order valence-corrected chi connectivity index (χ3v) is 3.66. The molecule has 1 heterocycles. The van der Waals surface area contributed by atoms with Crippen LogP contribution in [0.4, 0.5) is 0 Å². The number of benzene rings is 2. The van der Waals surface area contributed by atoms with Gasteiger partial charge in [0.2, 0.25) is 0 Å². The second-order valence-corrected chi connectivity index (χ2v) is 5.17. The summed E-state index contributed by atoms with van der Waals surface area (Å²) in [5.74, 6) is 0.485. The second-order valence-electron chi connectivity index (χ2n) is 5.17. The topological polar surface area (TPSA) is 87.2 Å². The fraction of sp³-hybridized carbons (Fsp3) is 0.176. The number of carbonyl (C=O) groups excluding carboxylic acids is 1. The van der Waals surface area contributed by atoms with Gasteiger partial charge >= 0.3 is 0 Å². The highest BCUT2D eigenvalue weighted by molar-refractivity contribution is 5.97. The highest BCUT2D eigenvalue weighted by Gasteiger charge is 2.11. The van der Waals surface area contributed by atoms with Crippen LogP contribution in [0.5, 0.6) is 5.75 Å². The number of aliphatic hydroxyl groups is 1. The first-order valence-electron chi connectivity index (χ1n) is 7.21. The van der Waals surface area contributed by atoms with Gasteiger partial charge in [-0.05, 0) is 35.9 Å². The number of rotatable bonds is 5. The lowest BCUT2D eigenvalue weighted by atomic mass is 10.1. The minimum Gasteiger partial charge on any atom is -0.497 e. The van der Waals surface area contributed by atoms with E-state index in [4.69, 9.17) is 4.74 Å². The molecule has 6 heteroatoms. The molecule has 3 rings (SSSR count). The predicted octanol–water partition coefficient (Wildman–Crippen LogP) is 2.03. The summed E-state index contributed by atoms with van der Waals surface area (Å²) in [6, 6.07) is 12.4. The first-order valence-corrected chi connectivity index (χ1v) is 7.21. The van der Waals surface area contributed by atoms with Crippen molar-refractivity contribution >= 4 is 16.8 Å². The van der Waals surface area contributed by atoms with Gasteiger partial charge in [-0.1, -0.05) is 12.1 Å². The molecule has 0 spiro atoms. The summed E-state index contributed by atoms with van der Waals surface area (Å²) in [4.78, 5) is 12.2. The number of aromatic nitrogens is 2. The van der Waals surface area contributed by atoms with Gasteiger partial charge in [-0.3, -0.25) is 9.89 Å². The number of fused-ring (bicyclic) bond motifs is 1. The standard InChI is InChI=1S/C17H17N3O3/c1-23-14-5-2-11(3-6-14)16(21)10-18-17(22)12-4-7-15-13(8-12)9-19-20-15/h2-9,16,21H,10H2,1H3,(H,18,22)(H,19,20). The van der Waals surface area contributed by atoms with Gasteiger partial charge in [-0.15, -0.1) is 0 Å². The maximum Gasteiger partial charge on any atom is 0.251 e. The zero-order valence-electron chi connectivity index (χ0n) is 12.6. The van der Waals surface area contributed by atoms with Crippen LogP contribution >= 0.6 is 0 Å². The summed E-state index contributed by atoms with van der Waals surface area (Å²) in [7, 11) is 1.59. The number of amides is 1. The summed E-state index contributed by atoms with van der Waals surface area (Å²) >= 11 is 0. The average molecular weight is 311 g/mol. The first-order chi connectivity index (χ1) is 11.2. The molecule has 118 valence electrons. The van der Waals surface area contributed by atoms with E-state index in [0.29, 0.717) is 5.56 Å². The maximum absolute atomic E-state index is 12.2. The summed E-state index contributed by atoms with van der Waals surface area (Å²) in [5, 5.41) is 20.5. The van der Waals surface area contributed by atoms with E-state index in [-0.39, 0.29) is 12.5 Å². The number of hydrogen-bond acceptors (Lipinski definition) is 4. The van der Waals surface area contributed by atoms with Crippen molar-refractivity contribution < 1.29 is 14.6 Å². The van der Waals surface area contributed by atoms with Crippen molar-refractivity contribution in [3.05, 3.63) is 59.8 Å². The van der Waals surface area contributed by atoms with Crippen molar-refractivity contribution in [1.82, 2.24) is 15.5 Å². The fourth-order valence-corrected chi connectivity index (χ4v) is 2.32. The number of carbonyl (C=O) groups is 1. The number of aromatic amines is 1. The van der Waals surface area contributed by atoms with E-state index in [1.807, 2.05) is 0 Å². The normalized spacial score (nSPS) is 12.1. The molecule has 6 nitrogen and oxygen atoms in total. The Morgan fingerprint density at radius 3 is 2.83 bits per heavy atom. The van der Waals surface area contributed by atoms with Crippen molar-refractivity contribution in [2.24, 2.45) is 0 Å². The van der Waals surface area contributed by atoms with Crippen LogP contribution in [0.2, 0.25) is 0 Å². The summed E-state index contributed by atoms with van der Waals surface area (Å²) in [5.41, 5.74) is 2.12. The molecule has 0 aliphatic heterocycles. The Morgan fingerprint density at radius 1 is 1.30 bits per heavy atom. The predicted molar refractivity (Wildman–Crippen MR) is 86.4 cm³/mol. The molecule has 0 fully saturated rings. The van der Waals surface area contributed by atoms with E-state index in [1.165, 1.54) is 0 Å². The molecule has 0 aliphatic rings.